The molecule has 0 radical (unpaired) electrons. The smallest absolute Gasteiger partial charge is 0.209 e. The lowest BCUT2D eigenvalue weighted by atomic mass is 10.2. The van der Waals surface area contributed by atoms with Gasteiger partial charge in [-0.3, -0.25) is 0 Å². The molecular weight excluding hydrogens is 452 g/mol. The van der Waals surface area contributed by atoms with Gasteiger partial charge in [-0.05, 0) is 40.3 Å². The summed E-state index contributed by atoms with van der Waals surface area (Å²) < 4.78 is 26.0. The zero-order chi connectivity index (χ0) is 20.6. The highest BCUT2D eigenvalue weighted by molar-refractivity contribution is 7.99. The fraction of sp³-hybridized carbons (Fsp3) is 0.316. The largest absolute Gasteiger partial charge is 0.493 e. The topological polar surface area (TPSA) is 74.1 Å². The first-order valence-electron chi connectivity index (χ1n) is 8.86. The van der Waals surface area contributed by atoms with Gasteiger partial charge in [0.2, 0.25) is 5.16 Å². The van der Waals surface area contributed by atoms with E-state index < -0.39 is 0 Å². The number of nitrogens with zero attached hydrogens (tertiary/aromatic N) is 4. The molecule has 7 nitrogen and oxygen atoms in total. The zero-order valence-electron chi connectivity index (χ0n) is 16.5. The molecule has 0 atom stereocenters. The van der Waals surface area contributed by atoms with E-state index in [-0.39, 0.29) is 24.8 Å². The molecule has 162 valence electrons. The monoisotopic (exact) mass is 473 g/mol. The van der Waals surface area contributed by atoms with Crippen molar-refractivity contribution in [3.63, 3.8) is 0 Å². The Morgan fingerprint density at radius 2 is 2.03 bits per heavy atom. The SMILES string of the molecule is COc1cc(CNCCSc2nnnn2C)ccc1OCc1ccc(F)cc1Cl.Cl. The lowest BCUT2D eigenvalue weighted by molar-refractivity contribution is 0.284. The van der Waals surface area contributed by atoms with E-state index in [1.807, 2.05) is 25.2 Å². The second kappa shape index (κ2) is 11.9. The minimum absolute atomic E-state index is 0. The van der Waals surface area contributed by atoms with E-state index in [0.29, 0.717) is 28.6 Å². The Morgan fingerprint density at radius 1 is 1.20 bits per heavy atom. The van der Waals surface area contributed by atoms with Crippen LogP contribution in [0.1, 0.15) is 11.1 Å². The summed E-state index contributed by atoms with van der Waals surface area (Å²) in [5.41, 5.74) is 1.77. The molecule has 0 aliphatic heterocycles. The molecule has 1 heterocycles. The van der Waals surface area contributed by atoms with Crippen molar-refractivity contribution in [2.45, 2.75) is 18.3 Å². The Balaban J connectivity index is 0.00000320. The van der Waals surface area contributed by atoms with Crippen molar-refractivity contribution in [1.82, 2.24) is 25.5 Å². The summed E-state index contributed by atoms with van der Waals surface area (Å²) >= 11 is 7.64. The van der Waals surface area contributed by atoms with Crippen molar-refractivity contribution < 1.29 is 13.9 Å². The van der Waals surface area contributed by atoms with Crippen molar-refractivity contribution in [2.24, 2.45) is 7.05 Å². The van der Waals surface area contributed by atoms with Crippen LogP contribution in [0.5, 0.6) is 11.5 Å². The number of benzene rings is 2. The maximum absolute atomic E-state index is 13.2. The third-order valence-corrected chi connectivity index (χ3v) is 5.41. The quantitative estimate of drug-likeness (QED) is 0.353. The number of tetrazole rings is 1. The highest BCUT2D eigenvalue weighted by Crippen LogP contribution is 2.29. The third kappa shape index (κ3) is 6.73. The summed E-state index contributed by atoms with van der Waals surface area (Å²) in [6, 6.07) is 9.98. The molecule has 0 fully saturated rings. The highest BCUT2D eigenvalue weighted by atomic mass is 35.5. The van der Waals surface area contributed by atoms with E-state index in [0.717, 1.165) is 23.0 Å². The van der Waals surface area contributed by atoms with Crippen LogP contribution in [0, 0.1) is 5.82 Å². The van der Waals surface area contributed by atoms with E-state index in [1.54, 1.807) is 29.6 Å². The number of hydrogen-bond acceptors (Lipinski definition) is 7. The summed E-state index contributed by atoms with van der Waals surface area (Å²) in [7, 11) is 3.41. The summed E-state index contributed by atoms with van der Waals surface area (Å²) in [5, 5.41) is 15.8. The highest BCUT2D eigenvalue weighted by Gasteiger charge is 2.09. The number of methoxy groups -OCH3 is 1. The molecule has 0 aliphatic carbocycles. The Morgan fingerprint density at radius 3 is 2.73 bits per heavy atom. The Bertz CT molecular complexity index is 960. The van der Waals surface area contributed by atoms with Crippen molar-refractivity contribution in [3.8, 4) is 11.5 Å². The third-order valence-electron chi connectivity index (χ3n) is 4.05. The first kappa shape index (κ1) is 24.2. The van der Waals surface area contributed by atoms with Gasteiger partial charge in [0, 0.05) is 31.5 Å². The van der Waals surface area contributed by atoms with Crippen LogP contribution < -0.4 is 14.8 Å². The van der Waals surface area contributed by atoms with Gasteiger partial charge in [-0.25, -0.2) is 9.07 Å². The van der Waals surface area contributed by atoms with Crippen LogP contribution in [-0.2, 0) is 20.2 Å². The number of nitrogens with one attached hydrogen (secondary N) is 1. The van der Waals surface area contributed by atoms with E-state index >= 15 is 0 Å². The number of ether oxygens (including phenoxy) is 2. The predicted octanol–water partition coefficient (Wildman–Crippen LogP) is 3.89. The van der Waals surface area contributed by atoms with Gasteiger partial charge in [-0.15, -0.1) is 17.5 Å². The molecule has 1 aromatic heterocycles. The summed E-state index contributed by atoms with van der Waals surface area (Å²) in [6.45, 7) is 1.72. The summed E-state index contributed by atoms with van der Waals surface area (Å²) in [5.74, 6) is 1.70. The molecule has 0 unspecified atom stereocenters. The van der Waals surface area contributed by atoms with E-state index in [9.17, 15) is 4.39 Å². The first-order valence-corrected chi connectivity index (χ1v) is 10.2. The Labute approximate surface area is 189 Å². The van der Waals surface area contributed by atoms with E-state index in [4.69, 9.17) is 21.1 Å². The fourth-order valence-electron chi connectivity index (χ4n) is 2.53. The van der Waals surface area contributed by atoms with Gasteiger partial charge in [-0.2, -0.15) is 0 Å². The lowest BCUT2D eigenvalue weighted by Gasteiger charge is -2.13. The molecule has 1 N–H and O–H groups in total. The van der Waals surface area contributed by atoms with Crippen LogP contribution in [0.15, 0.2) is 41.6 Å². The van der Waals surface area contributed by atoms with Gasteiger partial charge in [-0.1, -0.05) is 35.5 Å². The number of halogens is 3. The summed E-state index contributed by atoms with van der Waals surface area (Å²) in [4.78, 5) is 0. The second-order valence-corrected chi connectivity index (χ2v) is 7.59. The molecule has 0 aliphatic rings. The zero-order valence-corrected chi connectivity index (χ0v) is 18.9. The molecule has 30 heavy (non-hydrogen) atoms. The maximum atomic E-state index is 13.2. The molecule has 0 spiro atoms. The minimum atomic E-state index is -0.375. The number of thioether (sulfide) groups is 1. The fourth-order valence-corrected chi connectivity index (χ4v) is 3.49. The average Bonchev–Trinajstić information content (AvgIpc) is 3.12. The van der Waals surface area contributed by atoms with Crippen molar-refractivity contribution in [2.75, 3.05) is 19.4 Å². The molecule has 2 aromatic carbocycles. The normalized spacial score (nSPS) is 10.5. The van der Waals surface area contributed by atoms with E-state index in [1.165, 1.54) is 12.1 Å². The van der Waals surface area contributed by atoms with E-state index in [2.05, 4.69) is 20.8 Å². The van der Waals surface area contributed by atoms with Crippen LogP contribution >= 0.6 is 35.8 Å². The lowest BCUT2D eigenvalue weighted by Crippen LogP contribution is -2.16. The Kier molecular flexibility index (Phi) is 9.64. The standard InChI is InChI=1S/C19H21ClFN5O2S.ClH/c1-26-19(23-24-25-26)29-8-7-22-11-13-3-6-17(18(9-13)27-2)28-12-14-4-5-15(21)10-16(14)20;/h3-6,9-10,22H,7-8,11-12H2,1-2H3;1H. The average molecular weight is 474 g/mol. The minimum Gasteiger partial charge on any atom is -0.493 e. The maximum Gasteiger partial charge on any atom is 0.209 e. The van der Waals surface area contributed by atoms with Crippen LogP contribution in [-0.4, -0.2) is 39.6 Å². The van der Waals surface area contributed by atoms with Gasteiger partial charge in [0.1, 0.15) is 12.4 Å². The number of aryl methyl sites for hydroxylation is 1. The number of aromatic nitrogens is 4. The molecule has 0 saturated heterocycles. The molecule has 0 bridgehead atoms. The Hall–Kier alpha value is -2.07. The van der Waals surface area contributed by atoms with Gasteiger partial charge in [0.05, 0.1) is 12.1 Å². The molecule has 0 saturated carbocycles. The van der Waals surface area contributed by atoms with Gasteiger partial charge in [0.25, 0.3) is 0 Å². The molecule has 11 heteroatoms. The van der Waals surface area contributed by atoms with Crippen LogP contribution in [0.2, 0.25) is 5.02 Å². The molecule has 3 rings (SSSR count). The van der Waals surface area contributed by atoms with Gasteiger partial charge >= 0.3 is 0 Å². The molecular formula is C19H22Cl2FN5O2S. The van der Waals surface area contributed by atoms with Crippen LogP contribution in [0.25, 0.3) is 0 Å². The number of rotatable bonds is 10. The van der Waals surface area contributed by atoms with Crippen LogP contribution in [0.4, 0.5) is 4.39 Å². The van der Waals surface area contributed by atoms with Crippen molar-refractivity contribution in [3.05, 3.63) is 58.4 Å². The molecule has 3 aromatic rings. The molecule has 0 amide bonds. The van der Waals surface area contributed by atoms with Crippen molar-refractivity contribution in [1.29, 1.82) is 0 Å². The van der Waals surface area contributed by atoms with Crippen molar-refractivity contribution >= 4 is 35.8 Å². The second-order valence-electron chi connectivity index (χ2n) is 6.12. The van der Waals surface area contributed by atoms with Gasteiger partial charge < -0.3 is 14.8 Å². The van der Waals surface area contributed by atoms with Crippen LogP contribution in [0.3, 0.4) is 0 Å². The van der Waals surface area contributed by atoms with Gasteiger partial charge in [0.15, 0.2) is 11.5 Å². The number of hydrogen-bond donors (Lipinski definition) is 1. The summed E-state index contributed by atoms with van der Waals surface area (Å²) in [6.07, 6.45) is 0. The first-order chi connectivity index (χ1) is 14.1. The predicted molar refractivity (Wildman–Crippen MR) is 117 cm³/mol.